The summed E-state index contributed by atoms with van der Waals surface area (Å²) in [5.74, 6) is 0.296. The largest absolute Gasteiger partial charge is 0.348 e. The lowest BCUT2D eigenvalue weighted by atomic mass is 9.82. The van der Waals surface area contributed by atoms with Crippen molar-refractivity contribution >= 4 is 23.7 Å². The van der Waals surface area contributed by atoms with Crippen molar-refractivity contribution in [2.45, 2.75) is 33.1 Å². The molecule has 0 amide bonds. The number of pyridine rings is 1. The number of carbonyl (C=O) groups is 1. The summed E-state index contributed by atoms with van der Waals surface area (Å²) in [6.07, 6.45) is 6.33. The number of nitrogens with one attached hydrogen (secondary N) is 1. The second-order valence-electron chi connectivity index (χ2n) is 6.19. The number of ketones is 1. The number of carbonyl (C=O) groups excluding carboxylic acids is 1. The van der Waals surface area contributed by atoms with Gasteiger partial charge in [0.2, 0.25) is 0 Å². The van der Waals surface area contributed by atoms with Crippen molar-refractivity contribution < 1.29 is 4.79 Å². The molecule has 1 unspecified atom stereocenters. The van der Waals surface area contributed by atoms with Gasteiger partial charge in [0.05, 0.1) is 17.7 Å². The molecule has 0 bridgehead atoms. The van der Waals surface area contributed by atoms with Gasteiger partial charge in [-0.25, -0.2) is 4.98 Å². The summed E-state index contributed by atoms with van der Waals surface area (Å²) >= 11 is 0. The lowest BCUT2D eigenvalue weighted by molar-refractivity contribution is 0.0894. The molecular formula is C18H20ClN3O. The summed E-state index contributed by atoms with van der Waals surface area (Å²) in [7, 11) is 0. The summed E-state index contributed by atoms with van der Waals surface area (Å²) in [6, 6.07) is 6.11. The number of hydrogen-bond donors (Lipinski definition) is 1. The summed E-state index contributed by atoms with van der Waals surface area (Å²) < 4.78 is 2.07. The molecule has 0 aliphatic heterocycles. The van der Waals surface area contributed by atoms with E-state index in [0.29, 0.717) is 0 Å². The number of fused-ring (bicyclic) bond motifs is 3. The number of aryl methyl sites for hydroxylation is 2. The van der Waals surface area contributed by atoms with E-state index < -0.39 is 0 Å². The summed E-state index contributed by atoms with van der Waals surface area (Å²) in [5.41, 5.74) is 6.59. The SMILES string of the molecule is Cc1[nH]cnc1CC1CCc2c(C)c3ccccn3c2C1=O.Cl. The van der Waals surface area contributed by atoms with Gasteiger partial charge in [0, 0.05) is 29.7 Å². The van der Waals surface area contributed by atoms with Crippen LogP contribution in [0.4, 0.5) is 0 Å². The van der Waals surface area contributed by atoms with Crippen molar-refractivity contribution in [3.8, 4) is 0 Å². The number of hydrogen-bond acceptors (Lipinski definition) is 2. The number of nitrogens with zero attached hydrogens (tertiary/aromatic N) is 2. The Hall–Kier alpha value is -2.07. The Kier molecular flexibility index (Phi) is 4.02. The van der Waals surface area contributed by atoms with E-state index >= 15 is 0 Å². The van der Waals surface area contributed by atoms with E-state index in [2.05, 4.69) is 27.4 Å². The molecule has 4 rings (SSSR count). The van der Waals surface area contributed by atoms with Crippen LogP contribution in [0.5, 0.6) is 0 Å². The van der Waals surface area contributed by atoms with Crippen LogP contribution in [-0.2, 0) is 12.8 Å². The standard InChI is InChI=1S/C18H19N3O.ClH/c1-11-14-7-6-13(9-15-12(2)19-10-20-15)18(22)17(14)21-8-4-3-5-16(11)21;/h3-5,8,10,13H,6-7,9H2,1-2H3,(H,19,20);1H. The second-order valence-corrected chi connectivity index (χ2v) is 6.19. The monoisotopic (exact) mass is 329 g/mol. The molecule has 1 aliphatic rings. The number of aromatic nitrogens is 3. The van der Waals surface area contributed by atoms with Crippen LogP contribution in [0.3, 0.4) is 0 Å². The molecule has 120 valence electrons. The Bertz CT molecular complexity index is 878. The van der Waals surface area contributed by atoms with E-state index in [1.807, 2.05) is 25.3 Å². The Morgan fingerprint density at radius 3 is 2.91 bits per heavy atom. The molecule has 3 aromatic rings. The highest BCUT2D eigenvalue weighted by atomic mass is 35.5. The molecule has 4 nitrogen and oxygen atoms in total. The third kappa shape index (κ3) is 2.38. The van der Waals surface area contributed by atoms with Gasteiger partial charge >= 0.3 is 0 Å². The molecule has 1 atom stereocenters. The minimum atomic E-state index is 0. The topological polar surface area (TPSA) is 50.2 Å². The fourth-order valence-electron chi connectivity index (χ4n) is 3.66. The number of halogens is 1. The predicted octanol–water partition coefficient (Wildman–Crippen LogP) is 3.69. The number of aromatic amines is 1. The van der Waals surface area contributed by atoms with Crippen molar-refractivity contribution in [2.75, 3.05) is 0 Å². The predicted molar refractivity (Wildman–Crippen MR) is 92.6 cm³/mol. The van der Waals surface area contributed by atoms with Crippen LogP contribution in [0.25, 0.3) is 5.52 Å². The number of H-pyrrole nitrogens is 1. The zero-order valence-electron chi connectivity index (χ0n) is 13.3. The summed E-state index contributed by atoms with van der Waals surface area (Å²) in [4.78, 5) is 20.5. The average molecular weight is 330 g/mol. The van der Waals surface area contributed by atoms with Gasteiger partial charge in [-0.15, -0.1) is 12.4 Å². The molecule has 1 N–H and O–H groups in total. The van der Waals surface area contributed by atoms with Gasteiger partial charge in [-0.05, 0) is 49.9 Å². The Balaban J connectivity index is 0.00000156. The molecule has 3 aromatic heterocycles. The van der Waals surface area contributed by atoms with Crippen molar-refractivity contribution in [3.63, 3.8) is 0 Å². The highest BCUT2D eigenvalue weighted by Crippen LogP contribution is 2.33. The van der Waals surface area contributed by atoms with Crippen molar-refractivity contribution in [2.24, 2.45) is 5.92 Å². The Labute approximate surface area is 141 Å². The van der Waals surface area contributed by atoms with Crippen LogP contribution in [0.1, 0.15) is 39.4 Å². The smallest absolute Gasteiger partial charge is 0.183 e. The van der Waals surface area contributed by atoms with Gasteiger partial charge in [-0.2, -0.15) is 0 Å². The fraction of sp³-hybridized carbons (Fsp3) is 0.333. The van der Waals surface area contributed by atoms with Crippen molar-refractivity contribution in [1.29, 1.82) is 0 Å². The van der Waals surface area contributed by atoms with Gasteiger partial charge in [0.1, 0.15) is 0 Å². The molecule has 5 heteroatoms. The number of rotatable bonds is 2. The third-order valence-corrected chi connectivity index (χ3v) is 4.94. The second kappa shape index (κ2) is 5.85. The van der Waals surface area contributed by atoms with Crippen LogP contribution >= 0.6 is 12.4 Å². The maximum atomic E-state index is 13.0. The molecule has 0 saturated carbocycles. The van der Waals surface area contributed by atoms with E-state index in [-0.39, 0.29) is 24.1 Å². The van der Waals surface area contributed by atoms with Crippen LogP contribution in [0.2, 0.25) is 0 Å². The highest BCUT2D eigenvalue weighted by Gasteiger charge is 2.32. The third-order valence-electron chi connectivity index (χ3n) is 4.94. The van der Waals surface area contributed by atoms with Gasteiger partial charge in [0.15, 0.2) is 5.78 Å². The molecular weight excluding hydrogens is 310 g/mol. The Morgan fingerprint density at radius 2 is 2.17 bits per heavy atom. The minimum absolute atomic E-state index is 0. The summed E-state index contributed by atoms with van der Waals surface area (Å²) in [5, 5.41) is 0. The summed E-state index contributed by atoms with van der Waals surface area (Å²) in [6.45, 7) is 4.14. The molecule has 0 saturated heterocycles. The van der Waals surface area contributed by atoms with Gasteiger partial charge in [-0.3, -0.25) is 4.79 Å². The van der Waals surface area contributed by atoms with E-state index in [9.17, 15) is 4.79 Å². The van der Waals surface area contributed by atoms with Crippen LogP contribution in [0, 0.1) is 19.8 Å². The first kappa shape index (κ1) is 15.8. The first-order valence-corrected chi connectivity index (χ1v) is 7.78. The van der Waals surface area contributed by atoms with Gasteiger partial charge < -0.3 is 9.38 Å². The van der Waals surface area contributed by atoms with E-state index in [1.54, 1.807) is 6.33 Å². The van der Waals surface area contributed by atoms with Gasteiger partial charge in [-0.1, -0.05) is 6.07 Å². The van der Waals surface area contributed by atoms with Crippen molar-refractivity contribution in [3.05, 3.63) is 58.9 Å². The highest BCUT2D eigenvalue weighted by molar-refractivity contribution is 6.01. The first-order valence-electron chi connectivity index (χ1n) is 7.78. The lowest BCUT2D eigenvalue weighted by Crippen LogP contribution is -2.25. The Morgan fingerprint density at radius 1 is 1.35 bits per heavy atom. The first-order chi connectivity index (χ1) is 10.7. The molecule has 0 aromatic carbocycles. The maximum absolute atomic E-state index is 13.0. The molecule has 0 spiro atoms. The van der Waals surface area contributed by atoms with E-state index in [0.717, 1.165) is 41.9 Å². The number of Topliss-reactive ketones (excluding diaryl/α,β-unsaturated/α-hetero) is 1. The molecule has 0 fully saturated rings. The van der Waals surface area contributed by atoms with Crippen molar-refractivity contribution in [1.82, 2.24) is 14.4 Å². The van der Waals surface area contributed by atoms with Crippen LogP contribution in [-0.4, -0.2) is 20.2 Å². The molecule has 23 heavy (non-hydrogen) atoms. The fourth-order valence-corrected chi connectivity index (χ4v) is 3.66. The zero-order valence-corrected chi connectivity index (χ0v) is 14.1. The normalized spacial score (nSPS) is 17.1. The van der Waals surface area contributed by atoms with Gasteiger partial charge in [0.25, 0.3) is 0 Å². The zero-order chi connectivity index (χ0) is 15.3. The quantitative estimate of drug-likeness (QED) is 0.779. The lowest BCUT2D eigenvalue weighted by Gasteiger charge is -2.21. The molecule has 0 radical (unpaired) electrons. The maximum Gasteiger partial charge on any atom is 0.183 e. The van der Waals surface area contributed by atoms with E-state index in [4.69, 9.17) is 0 Å². The minimum Gasteiger partial charge on any atom is -0.348 e. The van der Waals surface area contributed by atoms with Crippen LogP contribution in [0.15, 0.2) is 30.7 Å². The van der Waals surface area contributed by atoms with E-state index in [1.165, 1.54) is 11.1 Å². The van der Waals surface area contributed by atoms with Crippen LogP contribution < -0.4 is 0 Å². The molecule has 3 heterocycles. The average Bonchev–Trinajstić information content (AvgIpc) is 3.05. The number of imidazole rings is 1. The molecule has 1 aliphatic carbocycles.